The van der Waals surface area contributed by atoms with Crippen LogP contribution in [0.5, 0.6) is 5.88 Å². The largest absolute Gasteiger partial charge is 0.480 e. The molecule has 0 unspecified atom stereocenters. The highest BCUT2D eigenvalue weighted by atomic mass is 35.5. The zero-order valence-corrected chi connectivity index (χ0v) is 12.9. The summed E-state index contributed by atoms with van der Waals surface area (Å²) >= 11 is 5.48. The quantitative estimate of drug-likeness (QED) is 0.871. The molecule has 1 N–H and O–H groups in total. The van der Waals surface area contributed by atoms with Crippen molar-refractivity contribution < 1.29 is 9.53 Å². The fraction of sp³-hybridized carbons (Fsp3) is 0.125. The number of anilines is 1. The van der Waals surface area contributed by atoms with Crippen molar-refractivity contribution in [2.75, 3.05) is 18.3 Å². The van der Waals surface area contributed by atoms with Gasteiger partial charge >= 0.3 is 0 Å². The van der Waals surface area contributed by atoms with E-state index in [1.165, 1.54) is 7.11 Å². The van der Waals surface area contributed by atoms with Crippen molar-refractivity contribution in [3.05, 3.63) is 41.5 Å². The summed E-state index contributed by atoms with van der Waals surface area (Å²) in [5.74, 6) is -0.764. The van der Waals surface area contributed by atoms with E-state index in [-0.39, 0.29) is 28.7 Å². The lowest BCUT2D eigenvalue weighted by molar-refractivity contribution is -0.113. The van der Waals surface area contributed by atoms with Crippen LogP contribution in [-0.4, -0.2) is 23.9 Å². The second-order valence-corrected chi connectivity index (χ2v) is 4.63. The number of nitriles is 2. The molecule has 1 heterocycles. The van der Waals surface area contributed by atoms with Gasteiger partial charge in [0.05, 0.1) is 7.11 Å². The summed E-state index contributed by atoms with van der Waals surface area (Å²) in [6.07, 6.45) is 0. The summed E-state index contributed by atoms with van der Waals surface area (Å²) in [4.78, 5) is 15.6. The first-order chi connectivity index (χ1) is 11.2. The summed E-state index contributed by atoms with van der Waals surface area (Å²) in [5.41, 5.74) is 1.20. The van der Waals surface area contributed by atoms with Crippen molar-refractivity contribution in [1.82, 2.24) is 4.98 Å². The van der Waals surface area contributed by atoms with E-state index in [9.17, 15) is 15.3 Å². The zero-order chi connectivity index (χ0) is 16.8. The summed E-state index contributed by atoms with van der Waals surface area (Å²) < 4.78 is 5.13. The number of rotatable bonds is 4. The molecule has 0 saturated carbocycles. The molecule has 1 aromatic heterocycles. The Labute approximate surface area is 137 Å². The van der Waals surface area contributed by atoms with Crippen molar-refractivity contribution >= 4 is 23.3 Å². The zero-order valence-electron chi connectivity index (χ0n) is 12.1. The lowest BCUT2D eigenvalue weighted by Gasteiger charge is -2.14. The molecule has 0 aliphatic heterocycles. The Morgan fingerprint density at radius 1 is 1.26 bits per heavy atom. The van der Waals surface area contributed by atoms with E-state index in [1.54, 1.807) is 24.3 Å². The molecular weight excluding hydrogens is 316 g/mol. The van der Waals surface area contributed by atoms with E-state index < -0.39 is 5.91 Å². The Balaban J connectivity index is 2.81. The fourth-order valence-electron chi connectivity index (χ4n) is 2.07. The number of methoxy groups -OCH3 is 1. The van der Waals surface area contributed by atoms with E-state index in [0.29, 0.717) is 11.1 Å². The lowest BCUT2D eigenvalue weighted by atomic mass is 9.96. The molecule has 7 heteroatoms. The van der Waals surface area contributed by atoms with Crippen LogP contribution in [0.2, 0.25) is 0 Å². The molecule has 0 atom stereocenters. The van der Waals surface area contributed by atoms with Gasteiger partial charge in [0.15, 0.2) is 5.82 Å². The van der Waals surface area contributed by atoms with Gasteiger partial charge in [0, 0.05) is 5.56 Å². The lowest BCUT2D eigenvalue weighted by Crippen LogP contribution is -2.16. The first-order valence-electron chi connectivity index (χ1n) is 6.49. The molecule has 0 aliphatic carbocycles. The normalized spacial score (nSPS) is 9.57. The standard InChI is InChI=1S/C16H11ClN4O2/c1-23-16-12(9-19)14(10-5-3-2-4-6-10)11(8-18)15(21-16)20-13(22)7-17/h2-6H,7H2,1H3,(H,20,21,22). The van der Waals surface area contributed by atoms with Gasteiger partial charge in [-0.05, 0) is 5.56 Å². The van der Waals surface area contributed by atoms with Crippen molar-refractivity contribution in [3.8, 4) is 29.1 Å². The van der Waals surface area contributed by atoms with Crippen LogP contribution in [0.3, 0.4) is 0 Å². The van der Waals surface area contributed by atoms with Crippen LogP contribution in [-0.2, 0) is 4.79 Å². The minimum Gasteiger partial charge on any atom is -0.480 e. The van der Waals surface area contributed by atoms with E-state index in [4.69, 9.17) is 16.3 Å². The van der Waals surface area contributed by atoms with E-state index >= 15 is 0 Å². The summed E-state index contributed by atoms with van der Waals surface area (Å²) in [7, 11) is 1.36. The minimum atomic E-state index is -0.513. The number of hydrogen-bond acceptors (Lipinski definition) is 5. The van der Waals surface area contributed by atoms with Gasteiger partial charge < -0.3 is 10.1 Å². The van der Waals surface area contributed by atoms with E-state index in [1.807, 2.05) is 18.2 Å². The Bertz CT molecular complexity index is 823. The number of ether oxygens (including phenoxy) is 1. The molecule has 0 bridgehead atoms. The average Bonchev–Trinajstić information content (AvgIpc) is 2.60. The Kier molecular flexibility index (Phi) is 5.14. The Hall–Kier alpha value is -3.09. The predicted octanol–water partition coefficient (Wildman–Crippen LogP) is 2.68. The number of aromatic nitrogens is 1. The Morgan fingerprint density at radius 3 is 2.43 bits per heavy atom. The topological polar surface area (TPSA) is 98.8 Å². The number of amides is 1. The number of pyridine rings is 1. The molecule has 0 saturated heterocycles. The van der Waals surface area contributed by atoms with Crippen LogP contribution in [0.15, 0.2) is 30.3 Å². The van der Waals surface area contributed by atoms with Crippen LogP contribution < -0.4 is 10.1 Å². The van der Waals surface area contributed by atoms with Crippen molar-refractivity contribution in [2.45, 2.75) is 0 Å². The Morgan fingerprint density at radius 2 is 1.91 bits per heavy atom. The molecule has 0 aliphatic rings. The molecule has 0 spiro atoms. The van der Waals surface area contributed by atoms with Gasteiger partial charge in [0.25, 0.3) is 0 Å². The van der Waals surface area contributed by atoms with Crippen molar-refractivity contribution in [1.29, 1.82) is 10.5 Å². The summed E-state index contributed by atoms with van der Waals surface area (Å²) in [5, 5.41) is 21.4. The molecule has 0 radical (unpaired) electrons. The van der Waals surface area contributed by atoms with Crippen LogP contribution in [0, 0.1) is 22.7 Å². The molecule has 2 rings (SSSR count). The highest BCUT2D eigenvalue weighted by molar-refractivity contribution is 6.29. The van der Waals surface area contributed by atoms with Gasteiger partial charge in [-0.25, -0.2) is 0 Å². The summed E-state index contributed by atoms with van der Waals surface area (Å²) in [6.45, 7) is 0. The maximum absolute atomic E-state index is 11.6. The van der Waals surface area contributed by atoms with E-state index in [2.05, 4.69) is 10.3 Å². The van der Waals surface area contributed by atoms with Gasteiger partial charge in [0.1, 0.15) is 29.1 Å². The fourth-order valence-corrected chi connectivity index (χ4v) is 2.14. The summed E-state index contributed by atoms with van der Waals surface area (Å²) in [6, 6.07) is 12.9. The third-order valence-electron chi connectivity index (χ3n) is 3.02. The van der Waals surface area contributed by atoms with Crippen LogP contribution in [0.25, 0.3) is 11.1 Å². The number of hydrogen-bond donors (Lipinski definition) is 1. The molecular formula is C16H11ClN4O2. The number of carbonyl (C=O) groups excluding carboxylic acids is 1. The molecule has 0 fully saturated rings. The van der Waals surface area contributed by atoms with Gasteiger partial charge in [-0.2, -0.15) is 15.5 Å². The first-order valence-corrected chi connectivity index (χ1v) is 7.03. The molecule has 23 heavy (non-hydrogen) atoms. The number of nitrogens with one attached hydrogen (secondary N) is 1. The second-order valence-electron chi connectivity index (χ2n) is 4.37. The van der Waals surface area contributed by atoms with Crippen LogP contribution in [0.1, 0.15) is 11.1 Å². The van der Waals surface area contributed by atoms with Gasteiger partial charge in [0.2, 0.25) is 11.8 Å². The first kappa shape index (κ1) is 16.3. The number of halogens is 1. The number of benzene rings is 1. The van der Waals surface area contributed by atoms with Crippen LogP contribution >= 0.6 is 11.6 Å². The highest BCUT2D eigenvalue weighted by Crippen LogP contribution is 2.35. The molecule has 2 aromatic rings. The monoisotopic (exact) mass is 326 g/mol. The number of carbonyl (C=O) groups is 1. The highest BCUT2D eigenvalue weighted by Gasteiger charge is 2.22. The molecule has 6 nitrogen and oxygen atoms in total. The SMILES string of the molecule is COc1nc(NC(=O)CCl)c(C#N)c(-c2ccccc2)c1C#N. The maximum Gasteiger partial charge on any atom is 0.240 e. The maximum atomic E-state index is 11.6. The molecule has 1 amide bonds. The second kappa shape index (κ2) is 7.26. The van der Waals surface area contributed by atoms with Crippen molar-refractivity contribution in [3.63, 3.8) is 0 Å². The molecule has 114 valence electrons. The average molecular weight is 327 g/mol. The van der Waals surface area contributed by atoms with E-state index in [0.717, 1.165) is 0 Å². The predicted molar refractivity (Wildman–Crippen MR) is 85.0 cm³/mol. The minimum absolute atomic E-state index is 0.00727. The van der Waals surface area contributed by atoms with Gasteiger partial charge in [-0.1, -0.05) is 30.3 Å². The third-order valence-corrected chi connectivity index (χ3v) is 3.27. The van der Waals surface area contributed by atoms with Gasteiger partial charge in [-0.3, -0.25) is 4.79 Å². The van der Waals surface area contributed by atoms with Crippen LogP contribution in [0.4, 0.5) is 5.82 Å². The smallest absolute Gasteiger partial charge is 0.240 e. The third kappa shape index (κ3) is 3.23. The molecule has 1 aromatic carbocycles. The number of nitrogens with zero attached hydrogens (tertiary/aromatic N) is 3. The van der Waals surface area contributed by atoms with Gasteiger partial charge in [-0.15, -0.1) is 11.6 Å². The van der Waals surface area contributed by atoms with Crippen molar-refractivity contribution in [2.24, 2.45) is 0 Å². The number of alkyl halides is 1.